The fourth-order valence-corrected chi connectivity index (χ4v) is 1.45. The summed E-state index contributed by atoms with van der Waals surface area (Å²) in [6.07, 6.45) is 4.61. The van der Waals surface area contributed by atoms with Crippen LogP contribution in [-0.2, 0) is 4.79 Å². The standard InChI is InChI=1S/C13H13NO3/c15-12(16)7-4-9-2-1-3-10(8-9)13(17)14-11-5-6-11/h1-4,7-8,11H,5-6H2,(H,14,17)(H,15,16). The molecule has 1 saturated carbocycles. The van der Waals surface area contributed by atoms with E-state index < -0.39 is 5.97 Å². The van der Waals surface area contributed by atoms with E-state index in [1.54, 1.807) is 24.3 Å². The molecule has 0 heterocycles. The summed E-state index contributed by atoms with van der Waals surface area (Å²) in [5.74, 6) is -1.10. The van der Waals surface area contributed by atoms with Crippen LogP contribution in [0.25, 0.3) is 6.08 Å². The number of carbonyl (C=O) groups is 2. The maximum absolute atomic E-state index is 11.7. The molecule has 0 saturated heterocycles. The van der Waals surface area contributed by atoms with E-state index in [9.17, 15) is 9.59 Å². The zero-order valence-electron chi connectivity index (χ0n) is 9.22. The summed E-state index contributed by atoms with van der Waals surface area (Å²) >= 11 is 0. The minimum atomic E-state index is -1.00. The first kappa shape index (κ1) is 11.4. The van der Waals surface area contributed by atoms with Crippen molar-refractivity contribution >= 4 is 18.0 Å². The van der Waals surface area contributed by atoms with Gasteiger partial charge >= 0.3 is 5.97 Å². The lowest BCUT2D eigenvalue weighted by Gasteiger charge is -2.03. The summed E-state index contributed by atoms with van der Waals surface area (Å²) in [7, 11) is 0. The molecule has 4 heteroatoms. The average molecular weight is 231 g/mol. The van der Waals surface area contributed by atoms with E-state index >= 15 is 0 Å². The Morgan fingerprint density at radius 1 is 1.35 bits per heavy atom. The predicted molar refractivity (Wildman–Crippen MR) is 63.6 cm³/mol. The van der Waals surface area contributed by atoms with Gasteiger partial charge in [-0.1, -0.05) is 12.1 Å². The minimum absolute atomic E-state index is 0.0990. The highest BCUT2D eigenvalue weighted by Gasteiger charge is 2.23. The molecule has 1 aromatic rings. The third-order valence-electron chi connectivity index (χ3n) is 2.48. The van der Waals surface area contributed by atoms with Crippen LogP contribution >= 0.6 is 0 Å². The molecular weight excluding hydrogens is 218 g/mol. The molecule has 17 heavy (non-hydrogen) atoms. The molecule has 0 aliphatic heterocycles. The van der Waals surface area contributed by atoms with Gasteiger partial charge in [0, 0.05) is 17.7 Å². The van der Waals surface area contributed by atoms with E-state index in [0.29, 0.717) is 17.2 Å². The van der Waals surface area contributed by atoms with Gasteiger partial charge in [-0.2, -0.15) is 0 Å². The van der Waals surface area contributed by atoms with Crippen LogP contribution in [-0.4, -0.2) is 23.0 Å². The van der Waals surface area contributed by atoms with Crippen LogP contribution in [0, 0.1) is 0 Å². The summed E-state index contributed by atoms with van der Waals surface area (Å²) in [6, 6.07) is 7.21. The van der Waals surface area contributed by atoms with Crippen molar-refractivity contribution in [2.24, 2.45) is 0 Å². The molecule has 4 nitrogen and oxygen atoms in total. The number of amides is 1. The Kier molecular flexibility index (Phi) is 3.23. The molecule has 1 amide bonds. The molecule has 0 bridgehead atoms. The molecule has 2 N–H and O–H groups in total. The largest absolute Gasteiger partial charge is 0.478 e. The van der Waals surface area contributed by atoms with Crippen LogP contribution < -0.4 is 5.32 Å². The molecule has 1 fully saturated rings. The van der Waals surface area contributed by atoms with Crippen molar-refractivity contribution < 1.29 is 14.7 Å². The lowest BCUT2D eigenvalue weighted by Crippen LogP contribution is -2.25. The van der Waals surface area contributed by atoms with Crippen LogP contribution in [0.4, 0.5) is 0 Å². The van der Waals surface area contributed by atoms with Gasteiger partial charge in [-0.05, 0) is 36.6 Å². The summed E-state index contributed by atoms with van der Waals surface area (Å²) in [6.45, 7) is 0. The van der Waals surface area contributed by atoms with Gasteiger partial charge in [0.05, 0.1) is 0 Å². The van der Waals surface area contributed by atoms with Crippen molar-refractivity contribution in [1.29, 1.82) is 0 Å². The van der Waals surface area contributed by atoms with Crippen LogP contribution in [0.15, 0.2) is 30.3 Å². The van der Waals surface area contributed by atoms with Gasteiger partial charge in [0.15, 0.2) is 0 Å². The molecule has 88 valence electrons. The molecule has 0 atom stereocenters. The van der Waals surface area contributed by atoms with Gasteiger partial charge in [0.1, 0.15) is 0 Å². The Labute approximate surface area is 99.0 Å². The average Bonchev–Trinajstić information content (AvgIpc) is 3.10. The highest BCUT2D eigenvalue weighted by atomic mass is 16.4. The second kappa shape index (κ2) is 4.82. The van der Waals surface area contributed by atoms with Crippen LogP contribution in [0.3, 0.4) is 0 Å². The van der Waals surface area contributed by atoms with Crippen molar-refractivity contribution in [3.05, 3.63) is 41.5 Å². The quantitative estimate of drug-likeness (QED) is 0.775. The molecule has 0 radical (unpaired) electrons. The first-order valence-electron chi connectivity index (χ1n) is 5.47. The summed E-state index contributed by atoms with van der Waals surface area (Å²) in [5, 5.41) is 11.4. The topological polar surface area (TPSA) is 66.4 Å². The number of benzene rings is 1. The summed E-state index contributed by atoms with van der Waals surface area (Å²) in [5.41, 5.74) is 1.26. The summed E-state index contributed by atoms with van der Waals surface area (Å²) in [4.78, 5) is 22.1. The number of carbonyl (C=O) groups excluding carboxylic acids is 1. The van der Waals surface area contributed by atoms with Crippen LogP contribution in [0.2, 0.25) is 0 Å². The van der Waals surface area contributed by atoms with Gasteiger partial charge in [0.25, 0.3) is 5.91 Å². The monoisotopic (exact) mass is 231 g/mol. The second-order valence-electron chi connectivity index (χ2n) is 4.04. The zero-order valence-corrected chi connectivity index (χ0v) is 9.22. The molecule has 0 unspecified atom stereocenters. The van der Waals surface area contributed by atoms with Crippen molar-refractivity contribution in [3.63, 3.8) is 0 Å². The van der Waals surface area contributed by atoms with Crippen LogP contribution in [0.1, 0.15) is 28.8 Å². The highest BCUT2D eigenvalue weighted by Crippen LogP contribution is 2.19. The molecule has 0 spiro atoms. The maximum Gasteiger partial charge on any atom is 0.328 e. The maximum atomic E-state index is 11.7. The van der Waals surface area contributed by atoms with E-state index in [1.165, 1.54) is 6.08 Å². The molecule has 1 aliphatic carbocycles. The Morgan fingerprint density at radius 3 is 2.76 bits per heavy atom. The Bertz CT molecular complexity index is 475. The molecular formula is C13H13NO3. The van der Waals surface area contributed by atoms with Crippen molar-refractivity contribution in [3.8, 4) is 0 Å². The fraction of sp³-hybridized carbons (Fsp3) is 0.231. The molecule has 0 aromatic heterocycles. The van der Waals surface area contributed by atoms with E-state index in [-0.39, 0.29) is 5.91 Å². The van der Waals surface area contributed by atoms with E-state index in [2.05, 4.69) is 5.32 Å². The lowest BCUT2D eigenvalue weighted by molar-refractivity contribution is -0.131. The lowest BCUT2D eigenvalue weighted by atomic mass is 10.1. The van der Waals surface area contributed by atoms with Gasteiger partial charge in [0.2, 0.25) is 0 Å². The Balaban J connectivity index is 2.09. The van der Waals surface area contributed by atoms with Crippen molar-refractivity contribution in [1.82, 2.24) is 5.32 Å². The van der Waals surface area contributed by atoms with E-state index in [1.807, 2.05) is 0 Å². The summed E-state index contributed by atoms with van der Waals surface area (Å²) < 4.78 is 0. The van der Waals surface area contributed by atoms with E-state index in [0.717, 1.165) is 18.9 Å². The van der Waals surface area contributed by atoms with Gasteiger partial charge < -0.3 is 10.4 Å². The number of carboxylic acid groups (broad SMARTS) is 1. The Hall–Kier alpha value is -2.10. The number of hydrogen-bond acceptors (Lipinski definition) is 2. The van der Waals surface area contributed by atoms with Gasteiger partial charge in [-0.25, -0.2) is 4.79 Å². The number of nitrogens with one attached hydrogen (secondary N) is 1. The first-order valence-corrected chi connectivity index (χ1v) is 5.47. The molecule has 2 rings (SSSR count). The molecule has 1 aromatic carbocycles. The number of carboxylic acids is 1. The second-order valence-corrected chi connectivity index (χ2v) is 4.04. The highest BCUT2D eigenvalue weighted by molar-refractivity contribution is 5.95. The number of rotatable bonds is 4. The predicted octanol–water partition coefficient (Wildman–Crippen LogP) is 1.68. The van der Waals surface area contributed by atoms with Crippen molar-refractivity contribution in [2.45, 2.75) is 18.9 Å². The SMILES string of the molecule is O=C(O)C=Cc1cccc(C(=O)NC2CC2)c1. The fourth-order valence-electron chi connectivity index (χ4n) is 1.45. The normalized spacial score (nSPS) is 14.8. The van der Waals surface area contributed by atoms with Crippen LogP contribution in [0.5, 0.6) is 0 Å². The number of hydrogen-bond donors (Lipinski definition) is 2. The third-order valence-corrected chi connectivity index (χ3v) is 2.48. The third kappa shape index (κ3) is 3.45. The zero-order chi connectivity index (χ0) is 12.3. The smallest absolute Gasteiger partial charge is 0.328 e. The number of aliphatic carboxylic acids is 1. The molecule has 1 aliphatic rings. The first-order chi connectivity index (χ1) is 8.15. The Morgan fingerprint density at radius 2 is 2.12 bits per heavy atom. The van der Waals surface area contributed by atoms with Gasteiger partial charge in [-0.3, -0.25) is 4.79 Å². The van der Waals surface area contributed by atoms with Crippen molar-refractivity contribution in [2.75, 3.05) is 0 Å². The minimum Gasteiger partial charge on any atom is -0.478 e. The van der Waals surface area contributed by atoms with E-state index in [4.69, 9.17) is 5.11 Å². The van der Waals surface area contributed by atoms with Gasteiger partial charge in [-0.15, -0.1) is 0 Å².